The van der Waals surface area contributed by atoms with Crippen molar-refractivity contribution in [3.8, 4) is 6.07 Å². The van der Waals surface area contributed by atoms with Crippen LogP contribution in [0.15, 0.2) is 30.5 Å². The van der Waals surface area contributed by atoms with Gasteiger partial charge >= 0.3 is 5.97 Å². The lowest BCUT2D eigenvalue weighted by atomic mass is 9.95. The molecule has 2 atom stereocenters. The van der Waals surface area contributed by atoms with Gasteiger partial charge < -0.3 is 14.9 Å². The molecule has 31 heavy (non-hydrogen) atoms. The summed E-state index contributed by atoms with van der Waals surface area (Å²) in [6.07, 6.45) is 0.130. The van der Waals surface area contributed by atoms with Gasteiger partial charge in [-0.2, -0.15) is 5.26 Å². The number of nitrogens with zero attached hydrogens (tertiary/aromatic N) is 4. The smallest absolute Gasteiger partial charge is 0.338 e. The van der Waals surface area contributed by atoms with E-state index in [4.69, 9.17) is 10.00 Å². The second-order valence-corrected chi connectivity index (χ2v) is 8.10. The molecule has 1 saturated heterocycles. The van der Waals surface area contributed by atoms with Crippen molar-refractivity contribution in [2.24, 2.45) is 0 Å². The summed E-state index contributed by atoms with van der Waals surface area (Å²) in [6, 6.07) is 8.94. The zero-order valence-electron chi connectivity index (χ0n) is 17.5. The van der Waals surface area contributed by atoms with Crippen LogP contribution >= 0.6 is 0 Å². The summed E-state index contributed by atoms with van der Waals surface area (Å²) < 4.78 is 5.10. The fraction of sp³-hybridized carbons (Fsp3) is 0.435. The lowest BCUT2D eigenvalue weighted by Crippen LogP contribution is -2.48. The molecule has 0 aliphatic carbocycles. The van der Waals surface area contributed by atoms with E-state index in [9.17, 15) is 15.0 Å². The van der Waals surface area contributed by atoms with Gasteiger partial charge in [-0.15, -0.1) is 0 Å². The third kappa shape index (κ3) is 4.60. The molecule has 8 nitrogen and oxygen atoms in total. The molecular weight excluding hydrogens is 396 g/mol. The Bertz CT molecular complexity index is 994. The fourth-order valence-corrected chi connectivity index (χ4v) is 4.23. The van der Waals surface area contributed by atoms with Crippen LogP contribution in [0.3, 0.4) is 0 Å². The molecule has 2 aliphatic heterocycles. The highest BCUT2D eigenvalue weighted by molar-refractivity contribution is 5.93. The number of benzene rings is 1. The monoisotopic (exact) mass is 422 g/mol. The number of piperazine rings is 1. The lowest BCUT2D eigenvalue weighted by Gasteiger charge is -2.36. The van der Waals surface area contributed by atoms with Crippen LogP contribution in [-0.4, -0.2) is 70.2 Å². The zero-order chi connectivity index (χ0) is 22.0. The van der Waals surface area contributed by atoms with Gasteiger partial charge in [-0.25, -0.2) is 4.79 Å². The molecule has 0 radical (unpaired) electrons. The standard InChI is InChI=1S/C23H26N4O4/c1-15-17(3-4-18-19(15)14-31-23(18)30)21(28)12-26-6-8-27(9-7-26)13-22(29)20-5-2-16(10-24)11-25-20/h2-5,11,21-22,28-29H,6-9,12-14H2,1H3/t21-,22-/m1/s1. The van der Waals surface area contributed by atoms with Gasteiger partial charge in [0.2, 0.25) is 0 Å². The molecule has 2 aliphatic rings. The SMILES string of the molecule is Cc1c([C@H](O)CN2CCN(C[C@@H](O)c3ccc(C#N)cn3)CC2)ccc2c1COC2=O. The van der Waals surface area contributed by atoms with E-state index in [1.807, 2.05) is 19.1 Å². The van der Waals surface area contributed by atoms with E-state index >= 15 is 0 Å². The van der Waals surface area contributed by atoms with E-state index in [0.717, 1.165) is 42.9 Å². The number of β-amino-alcohol motifs (C(OH)–C–C–N with tert-alkyl or cyclic N) is 2. The van der Waals surface area contributed by atoms with Crippen LogP contribution in [0.2, 0.25) is 0 Å². The first-order valence-electron chi connectivity index (χ1n) is 10.4. The van der Waals surface area contributed by atoms with Crippen LogP contribution in [0, 0.1) is 18.3 Å². The first kappa shape index (κ1) is 21.4. The number of aliphatic hydroxyl groups is 2. The average Bonchev–Trinajstić information content (AvgIpc) is 3.17. The third-order valence-electron chi connectivity index (χ3n) is 6.15. The van der Waals surface area contributed by atoms with Gasteiger partial charge in [0.05, 0.1) is 22.9 Å². The van der Waals surface area contributed by atoms with Crippen molar-refractivity contribution in [1.82, 2.24) is 14.8 Å². The van der Waals surface area contributed by atoms with Crippen molar-refractivity contribution < 1.29 is 19.7 Å². The predicted octanol–water partition coefficient (Wildman–Crippen LogP) is 1.32. The Morgan fingerprint density at radius 1 is 1.10 bits per heavy atom. The van der Waals surface area contributed by atoms with Crippen LogP contribution in [0.1, 0.15) is 50.5 Å². The molecular formula is C23H26N4O4. The minimum Gasteiger partial charge on any atom is -0.457 e. The van der Waals surface area contributed by atoms with Crippen LogP contribution in [-0.2, 0) is 11.3 Å². The van der Waals surface area contributed by atoms with Gasteiger partial charge in [0, 0.05) is 51.0 Å². The van der Waals surface area contributed by atoms with Crippen LogP contribution in [0.4, 0.5) is 0 Å². The zero-order valence-corrected chi connectivity index (χ0v) is 17.5. The number of hydrogen-bond acceptors (Lipinski definition) is 8. The van der Waals surface area contributed by atoms with Crippen molar-refractivity contribution in [1.29, 1.82) is 5.26 Å². The molecule has 1 fully saturated rings. The van der Waals surface area contributed by atoms with Gasteiger partial charge in [-0.05, 0) is 36.2 Å². The van der Waals surface area contributed by atoms with E-state index in [0.29, 0.717) is 29.9 Å². The van der Waals surface area contributed by atoms with Crippen molar-refractivity contribution in [2.45, 2.75) is 25.7 Å². The molecule has 8 heteroatoms. The number of carbonyl (C=O) groups excluding carboxylic acids is 1. The Morgan fingerprint density at radius 2 is 1.77 bits per heavy atom. The Hall–Kier alpha value is -2.83. The topological polar surface area (TPSA) is 110 Å². The summed E-state index contributed by atoms with van der Waals surface area (Å²) in [5.41, 5.74) is 4.26. The summed E-state index contributed by atoms with van der Waals surface area (Å²) >= 11 is 0. The van der Waals surface area contributed by atoms with Crippen LogP contribution < -0.4 is 0 Å². The minimum atomic E-state index is -0.705. The number of carbonyl (C=O) groups is 1. The summed E-state index contributed by atoms with van der Waals surface area (Å²) in [4.78, 5) is 20.3. The van der Waals surface area contributed by atoms with E-state index < -0.39 is 12.2 Å². The van der Waals surface area contributed by atoms with E-state index in [1.54, 1.807) is 18.2 Å². The van der Waals surface area contributed by atoms with Crippen molar-refractivity contribution in [2.75, 3.05) is 39.3 Å². The number of aliphatic hydroxyl groups excluding tert-OH is 2. The summed E-state index contributed by atoms with van der Waals surface area (Å²) in [5.74, 6) is -0.298. The molecule has 1 aromatic carbocycles. The molecule has 0 amide bonds. The fourth-order valence-electron chi connectivity index (χ4n) is 4.23. The second kappa shape index (κ2) is 9.12. The number of rotatable bonds is 6. The van der Waals surface area contributed by atoms with Gasteiger partial charge in [-0.1, -0.05) is 6.07 Å². The number of fused-ring (bicyclic) bond motifs is 1. The van der Waals surface area contributed by atoms with Gasteiger partial charge in [0.1, 0.15) is 18.8 Å². The van der Waals surface area contributed by atoms with E-state index in [1.165, 1.54) is 6.20 Å². The maximum Gasteiger partial charge on any atom is 0.338 e. The molecule has 2 N–H and O–H groups in total. The Balaban J connectivity index is 1.29. The third-order valence-corrected chi connectivity index (χ3v) is 6.15. The van der Waals surface area contributed by atoms with Crippen molar-refractivity contribution >= 4 is 5.97 Å². The second-order valence-electron chi connectivity index (χ2n) is 8.10. The maximum atomic E-state index is 11.7. The van der Waals surface area contributed by atoms with Crippen LogP contribution in [0.5, 0.6) is 0 Å². The highest BCUT2D eigenvalue weighted by Crippen LogP contribution is 2.29. The number of hydrogen-bond donors (Lipinski definition) is 2. The Morgan fingerprint density at radius 3 is 2.39 bits per heavy atom. The van der Waals surface area contributed by atoms with Crippen LogP contribution in [0.25, 0.3) is 0 Å². The average molecular weight is 422 g/mol. The Labute approximate surface area is 181 Å². The summed E-state index contributed by atoms with van der Waals surface area (Å²) in [7, 11) is 0. The maximum absolute atomic E-state index is 11.7. The molecule has 2 aromatic rings. The first-order chi connectivity index (χ1) is 15.0. The van der Waals surface area contributed by atoms with Gasteiger partial charge in [0.15, 0.2) is 0 Å². The van der Waals surface area contributed by atoms with E-state index in [2.05, 4.69) is 14.8 Å². The highest BCUT2D eigenvalue weighted by Gasteiger charge is 2.27. The highest BCUT2D eigenvalue weighted by atomic mass is 16.5. The molecule has 162 valence electrons. The number of aromatic nitrogens is 1. The van der Waals surface area contributed by atoms with Crippen molar-refractivity contribution in [3.05, 3.63) is 64.0 Å². The summed E-state index contributed by atoms with van der Waals surface area (Å²) in [6.45, 7) is 6.34. The molecule has 0 spiro atoms. The molecule has 4 rings (SSSR count). The van der Waals surface area contributed by atoms with Gasteiger partial charge in [0.25, 0.3) is 0 Å². The van der Waals surface area contributed by atoms with Crippen molar-refractivity contribution in [3.63, 3.8) is 0 Å². The number of ether oxygens (including phenoxy) is 1. The largest absolute Gasteiger partial charge is 0.457 e. The normalized spacial score (nSPS) is 18.8. The lowest BCUT2D eigenvalue weighted by molar-refractivity contribution is 0.0470. The predicted molar refractivity (Wildman–Crippen MR) is 112 cm³/mol. The molecule has 0 saturated carbocycles. The quantitative estimate of drug-likeness (QED) is 0.671. The summed E-state index contributed by atoms with van der Waals surface area (Å²) in [5, 5.41) is 30.1. The first-order valence-corrected chi connectivity index (χ1v) is 10.4. The number of pyridine rings is 1. The minimum absolute atomic E-state index is 0.273. The number of cyclic esters (lactones) is 1. The molecule has 1 aromatic heterocycles. The number of nitriles is 1. The molecule has 0 bridgehead atoms. The van der Waals surface area contributed by atoms with E-state index in [-0.39, 0.29) is 12.6 Å². The molecule has 0 unspecified atom stereocenters. The Kier molecular flexibility index (Phi) is 6.30. The van der Waals surface area contributed by atoms with Gasteiger partial charge in [-0.3, -0.25) is 14.8 Å². The number of esters is 1. The molecule has 3 heterocycles.